The number of hydrogen-bond acceptors (Lipinski definition) is 2. The minimum Gasteiger partial charge on any atom is -0.308 e. The summed E-state index contributed by atoms with van der Waals surface area (Å²) in [6.45, 7) is 1.87. The van der Waals surface area contributed by atoms with Crippen molar-refractivity contribution in [2.45, 2.75) is 6.42 Å². The van der Waals surface area contributed by atoms with Gasteiger partial charge in [-0.15, -0.1) is 0 Å². The molecule has 0 aromatic heterocycles. The number of halogens is 1. The second-order valence-electron chi connectivity index (χ2n) is 2.87. The fraction of sp³-hybridized carbons (Fsp3) is 0.400. The van der Waals surface area contributed by atoms with Crippen LogP contribution in [-0.4, -0.2) is 20.3 Å². The summed E-state index contributed by atoms with van der Waals surface area (Å²) in [5.74, 6) is 0. The summed E-state index contributed by atoms with van der Waals surface area (Å²) in [6.07, 6.45) is 1.06. The normalized spacial score (nSPS) is 10.3. The van der Waals surface area contributed by atoms with E-state index in [-0.39, 0.29) is 0 Å². The van der Waals surface area contributed by atoms with E-state index in [9.17, 15) is 0 Å². The van der Waals surface area contributed by atoms with Crippen molar-refractivity contribution in [3.8, 4) is 0 Å². The number of nitrogens with one attached hydrogen (secondary N) is 2. The zero-order valence-corrected chi connectivity index (χ0v) is 9.39. The van der Waals surface area contributed by atoms with Crippen molar-refractivity contribution in [2.75, 3.05) is 20.3 Å². The number of hydrogen-bond donors (Lipinski definition) is 2. The summed E-state index contributed by atoms with van der Waals surface area (Å²) in [5, 5.41) is 6.32. The van der Waals surface area contributed by atoms with Gasteiger partial charge >= 0.3 is 0 Å². The van der Waals surface area contributed by atoms with E-state index in [4.69, 9.17) is 0 Å². The molecule has 0 saturated heterocycles. The predicted molar refractivity (Wildman–Crippen MR) is 59.8 cm³/mol. The Kier molecular flexibility index (Phi) is 5.05. The molecule has 0 radical (unpaired) electrons. The minimum absolute atomic E-state index is 0.866. The van der Waals surface area contributed by atoms with Crippen LogP contribution >= 0.6 is 15.9 Å². The molecule has 0 aliphatic heterocycles. The molecule has 1 aromatic rings. The lowest BCUT2D eigenvalue weighted by Crippen LogP contribution is -2.27. The van der Waals surface area contributed by atoms with Gasteiger partial charge in [0.15, 0.2) is 0 Å². The Hall–Kier alpha value is -0.380. The Morgan fingerprint density at radius 2 is 2.08 bits per heavy atom. The van der Waals surface area contributed by atoms with E-state index in [1.165, 1.54) is 10.0 Å². The number of benzene rings is 1. The largest absolute Gasteiger partial charge is 0.308 e. The van der Waals surface area contributed by atoms with Crippen LogP contribution in [0.2, 0.25) is 0 Å². The Morgan fingerprint density at radius 1 is 1.31 bits per heavy atom. The fourth-order valence-electron chi connectivity index (χ4n) is 1.14. The molecule has 0 amide bonds. The van der Waals surface area contributed by atoms with E-state index in [0.29, 0.717) is 0 Å². The molecule has 0 atom stereocenters. The van der Waals surface area contributed by atoms with Crippen molar-refractivity contribution >= 4 is 15.9 Å². The van der Waals surface area contributed by atoms with Crippen LogP contribution in [0.3, 0.4) is 0 Å². The molecule has 13 heavy (non-hydrogen) atoms. The van der Waals surface area contributed by atoms with Crippen molar-refractivity contribution in [1.82, 2.24) is 10.6 Å². The first-order chi connectivity index (χ1) is 6.34. The molecule has 0 unspecified atom stereocenters. The van der Waals surface area contributed by atoms with Gasteiger partial charge in [-0.3, -0.25) is 0 Å². The summed E-state index contributed by atoms with van der Waals surface area (Å²) < 4.78 is 1.20. The lowest BCUT2D eigenvalue weighted by Gasteiger charge is -2.05. The van der Waals surface area contributed by atoms with Gasteiger partial charge in [0.2, 0.25) is 0 Å². The smallest absolute Gasteiger partial charge is 0.0451 e. The van der Waals surface area contributed by atoms with Gasteiger partial charge in [0.05, 0.1) is 0 Å². The minimum atomic E-state index is 0.866. The highest BCUT2D eigenvalue weighted by Gasteiger charge is 1.96. The van der Waals surface area contributed by atoms with Gasteiger partial charge in [-0.05, 0) is 25.1 Å². The lowest BCUT2D eigenvalue weighted by molar-refractivity contribution is 0.630. The molecule has 0 aliphatic rings. The molecule has 0 bridgehead atoms. The summed E-state index contributed by atoms with van der Waals surface area (Å²) >= 11 is 3.52. The average Bonchev–Trinajstić information content (AvgIpc) is 2.15. The maximum atomic E-state index is 3.52. The van der Waals surface area contributed by atoms with Crippen molar-refractivity contribution < 1.29 is 0 Å². The SMILES string of the molecule is CNCNCCc1ccccc1Br. The molecule has 72 valence electrons. The van der Waals surface area contributed by atoms with E-state index in [1.807, 2.05) is 13.1 Å². The first-order valence-electron chi connectivity index (χ1n) is 4.43. The van der Waals surface area contributed by atoms with Gasteiger partial charge in [0, 0.05) is 17.7 Å². The van der Waals surface area contributed by atoms with Gasteiger partial charge in [0.1, 0.15) is 0 Å². The van der Waals surface area contributed by atoms with Crippen LogP contribution in [0.1, 0.15) is 5.56 Å². The summed E-state index contributed by atoms with van der Waals surface area (Å²) in [7, 11) is 1.94. The highest BCUT2D eigenvalue weighted by molar-refractivity contribution is 9.10. The van der Waals surface area contributed by atoms with Crippen LogP contribution in [0.25, 0.3) is 0 Å². The maximum Gasteiger partial charge on any atom is 0.0451 e. The quantitative estimate of drug-likeness (QED) is 0.608. The molecule has 0 spiro atoms. The monoisotopic (exact) mass is 242 g/mol. The molecule has 0 fully saturated rings. The second kappa shape index (κ2) is 6.13. The molecule has 0 saturated carbocycles. The summed E-state index contributed by atoms with van der Waals surface area (Å²) in [5.41, 5.74) is 1.35. The van der Waals surface area contributed by atoms with Gasteiger partial charge < -0.3 is 10.6 Å². The second-order valence-corrected chi connectivity index (χ2v) is 3.73. The van der Waals surface area contributed by atoms with Crippen LogP contribution in [0.4, 0.5) is 0 Å². The van der Waals surface area contributed by atoms with Crippen molar-refractivity contribution in [3.05, 3.63) is 34.3 Å². The lowest BCUT2D eigenvalue weighted by atomic mass is 10.1. The predicted octanol–water partition coefficient (Wildman–Crippen LogP) is 1.76. The first kappa shape index (κ1) is 10.7. The molecule has 2 N–H and O–H groups in total. The van der Waals surface area contributed by atoms with Crippen molar-refractivity contribution in [1.29, 1.82) is 0 Å². The highest BCUT2D eigenvalue weighted by Crippen LogP contribution is 2.15. The van der Waals surface area contributed by atoms with Crippen LogP contribution in [0.5, 0.6) is 0 Å². The first-order valence-corrected chi connectivity index (χ1v) is 5.22. The zero-order chi connectivity index (χ0) is 9.52. The molecular weight excluding hydrogens is 228 g/mol. The molecule has 3 heteroatoms. The summed E-state index contributed by atoms with van der Waals surface area (Å²) in [6, 6.07) is 8.32. The highest BCUT2D eigenvalue weighted by atomic mass is 79.9. The Balaban J connectivity index is 2.32. The van der Waals surface area contributed by atoms with E-state index in [2.05, 4.69) is 44.8 Å². The fourth-order valence-corrected chi connectivity index (χ4v) is 1.62. The molecule has 2 nitrogen and oxygen atoms in total. The molecule has 0 aliphatic carbocycles. The van der Waals surface area contributed by atoms with Crippen LogP contribution in [0.15, 0.2) is 28.7 Å². The van der Waals surface area contributed by atoms with Crippen LogP contribution < -0.4 is 10.6 Å². The van der Waals surface area contributed by atoms with E-state index < -0.39 is 0 Å². The van der Waals surface area contributed by atoms with Crippen molar-refractivity contribution in [2.24, 2.45) is 0 Å². The Labute approximate surface area is 87.9 Å². The van der Waals surface area contributed by atoms with Gasteiger partial charge in [-0.25, -0.2) is 0 Å². The molecular formula is C10H15BrN2. The van der Waals surface area contributed by atoms with E-state index in [0.717, 1.165) is 19.6 Å². The third kappa shape index (κ3) is 3.89. The van der Waals surface area contributed by atoms with E-state index in [1.54, 1.807) is 0 Å². The third-order valence-corrected chi connectivity index (χ3v) is 2.60. The van der Waals surface area contributed by atoms with Gasteiger partial charge in [-0.1, -0.05) is 34.1 Å². The molecule has 1 aromatic carbocycles. The Morgan fingerprint density at radius 3 is 2.77 bits per heavy atom. The van der Waals surface area contributed by atoms with Gasteiger partial charge in [0.25, 0.3) is 0 Å². The van der Waals surface area contributed by atoms with Crippen LogP contribution in [0, 0.1) is 0 Å². The van der Waals surface area contributed by atoms with Gasteiger partial charge in [-0.2, -0.15) is 0 Å². The zero-order valence-electron chi connectivity index (χ0n) is 7.81. The maximum absolute atomic E-state index is 3.52. The standard InChI is InChI=1S/C10H15BrN2/c1-12-8-13-7-6-9-4-2-3-5-10(9)11/h2-5,12-13H,6-8H2,1H3. The van der Waals surface area contributed by atoms with Crippen molar-refractivity contribution in [3.63, 3.8) is 0 Å². The topological polar surface area (TPSA) is 24.1 Å². The van der Waals surface area contributed by atoms with Crippen LogP contribution in [-0.2, 0) is 6.42 Å². The molecule has 1 rings (SSSR count). The average molecular weight is 243 g/mol. The summed E-state index contributed by atoms with van der Waals surface area (Å²) in [4.78, 5) is 0. The van der Waals surface area contributed by atoms with E-state index >= 15 is 0 Å². The number of rotatable bonds is 5. The third-order valence-electron chi connectivity index (χ3n) is 1.83. The molecule has 0 heterocycles. The Bertz CT molecular complexity index is 250.